The molecule has 1 fully saturated rings. The number of unbranched alkanes of at least 4 members (excludes halogenated alkanes) is 1. The van der Waals surface area contributed by atoms with E-state index in [1.165, 1.54) is 12.4 Å². The van der Waals surface area contributed by atoms with Crippen LogP contribution in [0.25, 0.3) is 0 Å². The quantitative estimate of drug-likeness (QED) is 0.304. The van der Waals surface area contributed by atoms with Crippen LogP contribution < -0.4 is 20.7 Å². The van der Waals surface area contributed by atoms with Gasteiger partial charge in [0.25, 0.3) is 10.0 Å². The van der Waals surface area contributed by atoms with Gasteiger partial charge < -0.3 is 21.1 Å². The number of benzene rings is 1. The first-order valence-electron chi connectivity index (χ1n) is 9.01. The molecule has 3 rings (SSSR count). The molecular formula is C16H22BrFN6O3S2. The van der Waals surface area contributed by atoms with Crippen LogP contribution in [-0.2, 0) is 10.0 Å². The molecule has 1 saturated heterocycles. The summed E-state index contributed by atoms with van der Waals surface area (Å²) in [6.45, 7) is 2.74. The summed E-state index contributed by atoms with van der Waals surface area (Å²) < 4.78 is 45.5. The Kier molecular flexibility index (Phi) is 7.76. The number of aliphatic hydroxyl groups excluding tert-OH is 1. The van der Waals surface area contributed by atoms with Crippen molar-refractivity contribution in [1.29, 1.82) is 0 Å². The van der Waals surface area contributed by atoms with Crippen LogP contribution in [0.3, 0.4) is 0 Å². The minimum atomic E-state index is -4.11. The number of aromatic nitrogens is 2. The third-order valence-corrected chi connectivity index (χ3v) is 7.12. The third-order valence-electron chi connectivity index (χ3n) is 4.40. The fourth-order valence-corrected chi connectivity index (χ4v) is 5.27. The summed E-state index contributed by atoms with van der Waals surface area (Å²) in [5.74, 6) is -0.864. The molecule has 1 aliphatic heterocycles. The van der Waals surface area contributed by atoms with Crippen molar-refractivity contribution in [3.63, 3.8) is 0 Å². The van der Waals surface area contributed by atoms with Crippen LogP contribution in [0.5, 0.6) is 0 Å². The predicted octanol–water partition coefficient (Wildman–Crippen LogP) is 1.35. The van der Waals surface area contributed by atoms with Gasteiger partial charge in [0.1, 0.15) is 17.0 Å². The Bertz CT molecular complexity index is 916. The maximum absolute atomic E-state index is 14.4. The SMILES string of the molecule is O=S(=O)(Nc1ncns1)c1cc(Br)c(NCCCCN[C@H]2CNC[C@@H]2O)cc1F. The van der Waals surface area contributed by atoms with Gasteiger partial charge in [-0.2, -0.15) is 4.37 Å². The highest BCUT2D eigenvalue weighted by molar-refractivity contribution is 9.10. The number of hydrogen-bond acceptors (Lipinski definition) is 9. The van der Waals surface area contributed by atoms with Gasteiger partial charge in [0.15, 0.2) is 0 Å². The van der Waals surface area contributed by atoms with E-state index >= 15 is 0 Å². The second kappa shape index (κ2) is 10.1. The fourth-order valence-electron chi connectivity index (χ4n) is 2.89. The highest BCUT2D eigenvalue weighted by atomic mass is 79.9. The monoisotopic (exact) mass is 508 g/mol. The third kappa shape index (κ3) is 6.06. The van der Waals surface area contributed by atoms with Crippen LogP contribution in [-0.4, -0.2) is 61.2 Å². The van der Waals surface area contributed by atoms with E-state index < -0.39 is 20.7 Å². The van der Waals surface area contributed by atoms with E-state index in [0.29, 0.717) is 23.2 Å². The number of anilines is 2. The summed E-state index contributed by atoms with van der Waals surface area (Å²) >= 11 is 4.15. The van der Waals surface area contributed by atoms with Crippen LogP contribution in [0, 0.1) is 5.82 Å². The highest BCUT2D eigenvalue weighted by Gasteiger charge is 2.24. The van der Waals surface area contributed by atoms with Crippen LogP contribution in [0.4, 0.5) is 15.2 Å². The molecule has 1 aromatic heterocycles. The van der Waals surface area contributed by atoms with E-state index in [9.17, 15) is 17.9 Å². The summed E-state index contributed by atoms with van der Waals surface area (Å²) in [6.07, 6.45) is 2.57. The van der Waals surface area contributed by atoms with Crippen LogP contribution in [0.1, 0.15) is 12.8 Å². The lowest BCUT2D eigenvalue weighted by Gasteiger charge is -2.15. The molecule has 0 aliphatic carbocycles. The second-order valence-electron chi connectivity index (χ2n) is 6.53. The molecule has 29 heavy (non-hydrogen) atoms. The zero-order chi connectivity index (χ0) is 20.9. The molecule has 9 nitrogen and oxygen atoms in total. The molecule has 5 N–H and O–H groups in total. The lowest BCUT2D eigenvalue weighted by Crippen LogP contribution is -2.39. The van der Waals surface area contributed by atoms with E-state index in [4.69, 9.17) is 0 Å². The van der Waals surface area contributed by atoms with Gasteiger partial charge in [0.05, 0.1) is 11.8 Å². The summed E-state index contributed by atoms with van der Waals surface area (Å²) in [4.78, 5) is 3.26. The fraction of sp³-hybridized carbons (Fsp3) is 0.500. The minimum Gasteiger partial charge on any atom is -0.390 e. The Labute approximate surface area is 180 Å². The molecule has 0 bridgehead atoms. The summed E-state index contributed by atoms with van der Waals surface area (Å²) in [6, 6.07) is 2.45. The van der Waals surface area contributed by atoms with Gasteiger partial charge >= 0.3 is 0 Å². The van der Waals surface area contributed by atoms with Crippen molar-refractivity contribution >= 4 is 48.3 Å². The molecule has 2 atom stereocenters. The Morgan fingerprint density at radius 3 is 2.79 bits per heavy atom. The van der Waals surface area contributed by atoms with Gasteiger partial charge in [-0.05, 0) is 47.4 Å². The van der Waals surface area contributed by atoms with E-state index in [-0.39, 0.29) is 17.3 Å². The first-order chi connectivity index (χ1) is 13.9. The van der Waals surface area contributed by atoms with E-state index in [1.54, 1.807) is 0 Å². The normalized spacial score (nSPS) is 19.4. The largest absolute Gasteiger partial charge is 0.390 e. The zero-order valence-corrected chi connectivity index (χ0v) is 18.6. The Morgan fingerprint density at radius 2 is 2.10 bits per heavy atom. The lowest BCUT2D eigenvalue weighted by atomic mass is 10.2. The highest BCUT2D eigenvalue weighted by Crippen LogP contribution is 2.29. The van der Waals surface area contributed by atoms with E-state index in [0.717, 1.165) is 43.5 Å². The van der Waals surface area contributed by atoms with Gasteiger partial charge in [-0.3, -0.25) is 4.72 Å². The van der Waals surface area contributed by atoms with Crippen molar-refractivity contribution in [2.45, 2.75) is 29.9 Å². The maximum atomic E-state index is 14.4. The number of sulfonamides is 1. The lowest BCUT2D eigenvalue weighted by molar-refractivity contribution is 0.163. The van der Waals surface area contributed by atoms with Gasteiger partial charge in [0.2, 0.25) is 5.13 Å². The molecule has 0 radical (unpaired) electrons. The van der Waals surface area contributed by atoms with Crippen molar-refractivity contribution in [3.05, 3.63) is 28.7 Å². The summed E-state index contributed by atoms with van der Waals surface area (Å²) in [7, 11) is -4.11. The zero-order valence-electron chi connectivity index (χ0n) is 15.4. The summed E-state index contributed by atoms with van der Waals surface area (Å²) in [5, 5.41) is 19.3. The molecular weight excluding hydrogens is 487 g/mol. The Balaban J connectivity index is 1.50. The number of β-amino-alcohol motifs (C(OH)–C–C–N with tert-alkyl or cyclic N) is 1. The first-order valence-corrected chi connectivity index (χ1v) is 12.1. The van der Waals surface area contributed by atoms with Crippen LogP contribution in [0.15, 0.2) is 27.8 Å². The molecule has 0 amide bonds. The molecule has 0 saturated carbocycles. The first kappa shape index (κ1) is 22.3. The number of rotatable bonds is 10. The topological polar surface area (TPSA) is 128 Å². The number of aliphatic hydroxyl groups is 1. The molecule has 2 aromatic rings. The Hall–Kier alpha value is -1.38. The predicted molar refractivity (Wildman–Crippen MR) is 113 cm³/mol. The van der Waals surface area contributed by atoms with Gasteiger partial charge in [-0.1, -0.05) is 0 Å². The minimum absolute atomic E-state index is 0.0669. The van der Waals surface area contributed by atoms with Crippen molar-refractivity contribution in [2.24, 2.45) is 0 Å². The molecule has 1 aromatic carbocycles. The molecule has 2 heterocycles. The van der Waals surface area contributed by atoms with Gasteiger partial charge in [-0.15, -0.1) is 0 Å². The van der Waals surface area contributed by atoms with Crippen molar-refractivity contribution < 1.29 is 17.9 Å². The maximum Gasteiger partial charge on any atom is 0.266 e. The summed E-state index contributed by atoms with van der Waals surface area (Å²) in [5.41, 5.74) is 0.473. The van der Waals surface area contributed by atoms with E-state index in [2.05, 4.69) is 46.0 Å². The second-order valence-corrected chi connectivity index (χ2v) is 9.82. The number of nitrogens with one attached hydrogen (secondary N) is 4. The average Bonchev–Trinajstić information content (AvgIpc) is 3.31. The van der Waals surface area contributed by atoms with Crippen LogP contribution >= 0.6 is 27.5 Å². The molecule has 1 aliphatic rings. The smallest absolute Gasteiger partial charge is 0.266 e. The standard InChI is InChI=1S/C16H22BrFN6O3S2/c17-10-5-15(29(26,27)24-16-22-9-23-28-16)11(18)6-12(10)20-3-1-2-4-21-13-7-19-8-14(13)25/h5-6,9,13-14,19-21,25H,1-4,7-8H2,(H,22,23,24)/t13-,14-/m0/s1. The van der Waals surface area contributed by atoms with E-state index in [1.807, 2.05) is 0 Å². The van der Waals surface area contributed by atoms with Crippen molar-refractivity contribution in [3.8, 4) is 0 Å². The van der Waals surface area contributed by atoms with Crippen molar-refractivity contribution in [2.75, 3.05) is 36.2 Å². The molecule has 160 valence electrons. The molecule has 13 heteroatoms. The molecule has 0 spiro atoms. The molecule has 0 unspecified atom stereocenters. The average molecular weight is 509 g/mol. The Morgan fingerprint density at radius 1 is 1.31 bits per heavy atom. The van der Waals surface area contributed by atoms with Crippen molar-refractivity contribution in [1.82, 2.24) is 20.0 Å². The number of halogens is 2. The number of nitrogens with zero attached hydrogens (tertiary/aromatic N) is 2. The van der Waals surface area contributed by atoms with Crippen LogP contribution in [0.2, 0.25) is 0 Å². The van der Waals surface area contributed by atoms with Gasteiger partial charge in [0, 0.05) is 41.7 Å². The van der Waals surface area contributed by atoms with Gasteiger partial charge in [-0.25, -0.2) is 17.8 Å². The number of hydrogen-bond donors (Lipinski definition) is 5.